The Morgan fingerprint density at radius 3 is 2.57 bits per heavy atom. The second-order valence-electron chi connectivity index (χ2n) is 7.17. The Balaban J connectivity index is 1.78. The second kappa shape index (κ2) is 5.51. The third-order valence-corrected chi connectivity index (χ3v) is 5.13. The molecule has 1 aromatic rings. The Hall–Kier alpha value is -1.56. The van der Waals surface area contributed by atoms with Gasteiger partial charge in [-0.1, -0.05) is 12.1 Å². The fourth-order valence-corrected chi connectivity index (χ4v) is 3.76. The molecule has 0 bridgehead atoms. The van der Waals surface area contributed by atoms with Crippen LogP contribution in [0.2, 0.25) is 0 Å². The Kier molecular flexibility index (Phi) is 3.91. The second-order valence-corrected chi connectivity index (χ2v) is 8.02. The van der Waals surface area contributed by atoms with Gasteiger partial charge < -0.3 is 15.0 Å². The number of nitrogens with zero attached hydrogens (tertiary/aromatic N) is 1. The van der Waals surface area contributed by atoms with Crippen molar-refractivity contribution in [1.29, 1.82) is 0 Å². The van der Waals surface area contributed by atoms with Gasteiger partial charge in [0.1, 0.15) is 5.60 Å². The Labute approximate surface area is 144 Å². The number of amides is 2. The molecular weight excluding hydrogens is 360 g/mol. The highest BCUT2D eigenvalue weighted by Gasteiger charge is 2.49. The summed E-state index contributed by atoms with van der Waals surface area (Å²) in [7, 11) is 0. The molecule has 1 N–H and O–H groups in total. The molecule has 2 heterocycles. The predicted molar refractivity (Wildman–Crippen MR) is 91.5 cm³/mol. The van der Waals surface area contributed by atoms with Crippen LogP contribution in [-0.2, 0) is 14.9 Å². The van der Waals surface area contributed by atoms with Gasteiger partial charge in [-0.3, -0.25) is 4.79 Å². The van der Waals surface area contributed by atoms with Crippen molar-refractivity contribution in [1.82, 2.24) is 4.90 Å². The third kappa shape index (κ3) is 2.84. The summed E-state index contributed by atoms with van der Waals surface area (Å²) in [4.78, 5) is 26.5. The Morgan fingerprint density at radius 1 is 1.30 bits per heavy atom. The van der Waals surface area contributed by atoms with Gasteiger partial charge in [-0.05, 0) is 61.2 Å². The summed E-state index contributed by atoms with van der Waals surface area (Å²) in [5.41, 5.74) is 0.857. The first kappa shape index (κ1) is 16.3. The number of anilines is 1. The number of halogens is 1. The summed E-state index contributed by atoms with van der Waals surface area (Å²) in [6.45, 7) is 6.61. The molecule has 0 aromatic heterocycles. The maximum absolute atomic E-state index is 12.6. The monoisotopic (exact) mass is 380 g/mol. The highest BCUT2D eigenvalue weighted by Crippen LogP contribution is 2.47. The van der Waals surface area contributed by atoms with E-state index in [0.717, 1.165) is 15.7 Å². The van der Waals surface area contributed by atoms with Gasteiger partial charge in [0, 0.05) is 17.6 Å². The molecule has 0 aliphatic carbocycles. The number of nitrogens with one attached hydrogen (secondary N) is 1. The normalized spacial score (nSPS) is 19.5. The van der Waals surface area contributed by atoms with Crippen LogP contribution in [0.1, 0.15) is 39.2 Å². The zero-order valence-electron chi connectivity index (χ0n) is 13.6. The molecule has 1 saturated heterocycles. The number of carbonyl (C=O) groups excluding carboxylic acids is 2. The number of fused-ring (bicyclic) bond motifs is 2. The van der Waals surface area contributed by atoms with Gasteiger partial charge in [-0.2, -0.15) is 0 Å². The number of hydrogen-bond donors (Lipinski definition) is 1. The topological polar surface area (TPSA) is 58.6 Å². The minimum Gasteiger partial charge on any atom is -0.444 e. The Bertz CT molecular complexity index is 658. The molecule has 6 heteroatoms. The van der Waals surface area contributed by atoms with Crippen LogP contribution < -0.4 is 5.32 Å². The number of rotatable bonds is 0. The summed E-state index contributed by atoms with van der Waals surface area (Å²) in [5, 5.41) is 2.99. The molecule has 2 amide bonds. The largest absolute Gasteiger partial charge is 0.444 e. The summed E-state index contributed by atoms with van der Waals surface area (Å²) in [6.07, 6.45) is 0.920. The number of benzene rings is 1. The summed E-state index contributed by atoms with van der Waals surface area (Å²) < 4.78 is 6.32. The number of piperidine rings is 1. The third-order valence-electron chi connectivity index (χ3n) is 4.47. The van der Waals surface area contributed by atoms with E-state index < -0.39 is 11.0 Å². The van der Waals surface area contributed by atoms with Gasteiger partial charge in [0.2, 0.25) is 5.91 Å². The van der Waals surface area contributed by atoms with Crippen LogP contribution in [0.15, 0.2) is 22.7 Å². The van der Waals surface area contributed by atoms with Gasteiger partial charge in [0.15, 0.2) is 0 Å². The predicted octanol–water partition coefficient (Wildman–Crippen LogP) is 3.67. The summed E-state index contributed by atoms with van der Waals surface area (Å²) in [6, 6.07) is 5.88. The molecule has 0 unspecified atom stereocenters. The quantitative estimate of drug-likeness (QED) is 0.746. The maximum Gasteiger partial charge on any atom is 0.410 e. The number of para-hydroxylation sites is 1. The van der Waals surface area contributed by atoms with Crippen molar-refractivity contribution in [2.45, 2.75) is 44.6 Å². The minimum absolute atomic E-state index is 0.0308. The molecule has 0 saturated carbocycles. The van der Waals surface area contributed by atoms with Gasteiger partial charge in [0.05, 0.1) is 11.1 Å². The highest BCUT2D eigenvalue weighted by molar-refractivity contribution is 9.10. The van der Waals surface area contributed by atoms with Crippen molar-refractivity contribution in [3.05, 3.63) is 28.2 Å². The summed E-state index contributed by atoms with van der Waals surface area (Å²) in [5.74, 6) is 0.0308. The van der Waals surface area contributed by atoms with Crippen molar-refractivity contribution in [3.8, 4) is 0 Å². The van der Waals surface area contributed by atoms with Crippen LogP contribution in [0, 0.1) is 0 Å². The van der Waals surface area contributed by atoms with E-state index in [4.69, 9.17) is 4.74 Å². The lowest BCUT2D eigenvalue weighted by Crippen LogP contribution is -2.49. The molecule has 5 nitrogen and oxygen atoms in total. The van der Waals surface area contributed by atoms with Gasteiger partial charge in [-0.15, -0.1) is 0 Å². The smallest absolute Gasteiger partial charge is 0.410 e. The lowest BCUT2D eigenvalue weighted by Gasteiger charge is -2.38. The molecule has 124 valence electrons. The number of ether oxygens (including phenoxy) is 1. The number of likely N-dealkylation sites (tertiary alicyclic amines) is 1. The van der Waals surface area contributed by atoms with Crippen LogP contribution in [0.4, 0.5) is 10.5 Å². The van der Waals surface area contributed by atoms with E-state index in [1.807, 2.05) is 39.0 Å². The average Bonchev–Trinajstić information content (AvgIpc) is 2.73. The van der Waals surface area contributed by atoms with Crippen LogP contribution in [0.3, 0.4) is 0 Å². The van der Waals surface area contributed by atoms with E-state index in [0.29, 0.717) is 25.9 Å². The molecule has 1 aromatic carbocycles. The van der Waals surface area contributed by atoms with Crippen LogP contribution in [0.5, 0.6) is 0 Å². The van der Waals surface area contributed by atoms with Crippen LogP contribution >= 0.6 is 15.9 Å². The average molecular weight is 381 g/mol. The van der Waals surface area contributed by atoms with E-state index in [1.165, 1.54) is 0 Å². The van der Waals surface area contributed by atoms with E-state index in [1.54, 1.807) is 4.90 Å². The summed E-state index contributed by atoms with van der Waals surface area (Å²) >= 11 is 3.49. The van der Waals surface area contributed by atoms with E-state index in [2.05, 4.69) is 21.2 Å². The van der Waals surface area contributed by atoms with Crippen molar-refractivity contribution in [2.24, 2.45) is 0 Å². The first-order chi connectivity index (χ1) is 10.7. The zero-order valence-corrected chi connectivity index (χ0v) is 15.2. The van der Waals surface area contributed by atoms with Crippen molar-refractivity contribution in [2.75, 3.05) is 18.4 Å². The standard InChI is InChI=1S/C17H21BrN2O3/c1-16(2,3)23-15(22)20-9-7-17(8-10-20)11-5-4-6-12(18)13(11)19-14(17)21/h4-6H,7-10H2,1-3H3,(H,19,21). The maximum atomic E-state index is 12.6. The minimum atomic E-state index is -0.530. The van der Waals surface area contributed by atoms with Crippen molar-refractivity contribution in [3.63, 3.8) is 0 Å². The van der Waals surface area contributed by atoms with E-state index >= 15 is 0 Å². The number of carbonyl (C=O) groups is 2. The first-order valence-corrected chi connectivity index (χ1v) is 8.61. The highest BCUT2D eigenvalue weighted by atomic mass is 79.9. The molecule has 23 heavy (non-hydrogen) atoms. The molecule has 3 rings (SSSR count). The molecular formula is C17H21BrN2O3. The molecule has 0 radical (unpaired) electrons. The van der Waals surface area contributed by atoms with Crippen LogP contribution in [-0.4, -0.2) is 35.6 Å². The van der Waals surface area contributed by atoms with Crippen molar-refractivity contribution >= 4 is 33.6 Å². The first-order valence-electron chi connectivity index (χ1n) is 7.81. The van der Waals surface area contributed by atoms with Crippen molar-refractivity contribution < 1.29 is 14.3 Å². The number of hydrogen-bond acceptors (Lipinski definition) is 3. The fourth-order valence-electron chi connectivity index (χ4n) is 3.30. The molecule has 1 fully saturated rings. The lowest BCUT2D eigenvalue weighted by molar-refractivity contribution is -0.122. The zero-order chi connectivity index (χ0) is 16.8. The lowest BCUT2D eigenvalue weighted by atomic mass is 9.74. The van der Waals surface area contributed by atoms with Gasteiger partial charge >= 0.3 is 6.09 Å². The molecule has 2 aliphatic heterocycles. The molecule has 1 spiro atoms. The van der Waals surface area contributed by atoms with E-state index in [9.17, 15) is 9.59 Å². The van der Waals surface area contributed by atoms with Gasteiger partial charge in [0.25, 0.3) is 0 Å². The van der Waals surface area contributed by atoms with Gasteiger partial charge in [-0.25, -0.2) is 4.79 Å². The molecule has 2 aliphatic rings. The molecule has 0 atom stereocenters. The van der Waals surface area contributed by atoms with Crippen LogP contribution in [0.25, 0.3) is 0 Å². The fraction of sp³-hybridized carbons (Fsp3) is 0.529. The Morgan fingerprint density at radius 2 is 1.96 bits per heavy atom. The van der Waals surface area contributed by atoms with E-state index in [-0.39, 0.29) is 12.0 Å². The SMILES string of the molecule is CC(C)(C)OC(=O)N1CCC2(CC1)C(=O)Nc1c(Br)cccc12.